The summed E-state index contributed by atoms with van der Waals surface area (Å²) in [6.07, 6.45) is 3.97. The van der Waals surface area contributed by atoms with Crippen molar-refractivity contribution in [2.45, 2.75) is 52.9 Å². The number of nitrogens with one attached hydrogen (secondary N) is 1. The molecule has 0 aliphatic rings. The third-order valence-corrected chi connectivity index (χ3v) is 4.09. The van der Waals surface area contributed by atoms with Crippen molar-refractivity contribution in [2.75, 3.05) is 18.4 Å². The SMILES string of the molecule is CCCCC(=O)Nc1c(C(=O)N(CCC)CCC)oc2ccccc12. The minimum Gasteiger partial charge on any atom is -0.449 e. The number of hydrogen-bond acceptors (Lipinski definition) is 3. The van der Waals surface area contributed by atoms with Gasteiger partial charge in [-0.1, -0.05) is 39.3 Å². The second-order valence-electron chi connectivity index (χ2n) is 6.25. The highest BCUT2D eigenvalue weighted by atomic mass is 16.3. The van der Waals surface area contributed by atoms with Crippen molar-refractivity contribution >= 4 is 28.5 Å². The number of anilines is 1. The number of fused-ring (bicyclic) bond motifs is 1. The van der Waals surface area contributed by atoms with Gasteiger partial charge in [-0.2, -0.15) is 0 Å². The van der Waals surface area contributed by atoms with Gasteiger partial charge in [0.25, 0.3) is 5.91 Å². The van der Waals surface area contributed by atoms with Crippen molar-refractivity contribution in [3.05, 3.63) is 30.0 Å². The number of carbonyl (C=O) groups is 2. The van der Waals surface area contributed by atoms with Crippen LogP contribution in [-0.4, -0.2) is 29.8 Å². The van der Waals surface area contributed by atoms with Gasteiger partial charge in [0.2, 0.25) is 11.7 Å². The summed E-state index contributed by atoms with van der Waals surface area (Å²) in [5.74, 6) is -0.0152. The maximum atomic E-state index is 13.0. The summed E-state index contributed by atoms with van der Waals surface area (Å²) in [6.45, 7) is 7.48. The van der Waals surface area contributed by atoms with Crippen LogP contribution >= 0.6 is 0 Å². The normalized spacial score (nSPS) is 10.8. The Balaban J connectivity index is 2.38. The molecule has 5 nitrogen and oxygen atoms in total. The van der Waals surface area contributed by atoms with E-state index in [9.17, 15) is 9.59 Å². The highest BCUT2D eigenvalue weighted by molar-refractivity contribution is 6.10. The highest BCUT2D eigenvalue weighted by Crippen LogP contribution is 2.32. The molecule has 0 radical (unpaired) electrons. The van der Waals surface area contributed by atoms with Crippen molar-refractivity contribution in [1.82, 2.24) is 4.90 Å². The lowest BCUT2D eigenvalue weighted by Crippen LogP contribution is -2.32. The van der Waals surface area contributed by atoms with E-state index < -0.39 is 0 Å². The first-order valence-electron chi connectivity index (χ1n) is 9.22. The van der Waals surface area contributed by atoms with Crippen LogP contribution < -0.4 is 5.32 Å². The van der Waals surface area contributed by atoms with E-state index in [1.54, 1.807) is 4.90 Å². The number of furan rings is 1. The number of hydrogen-bond donors (Lipinski definition) is 1. The largest absolute Gasteiger partial charge is 0.449 e. The average molecular weight is 344 g/mol. The second-order valence-corrected chi connectivity index (χ2v) is 6.25. The molecule has 0 bridgehead atoms. The Labute approximate surface area is 149 Å². The van der Waals surface area contributed by atoms with Gasteiger partial charge in [0.05, 0.1) is 0 Å². The summed E-state index contributed by atoms with van der Waals surface area (Å²) in [5, 5.41) is 3.68. The number of unbranched alkanes of at least 4 members (excludes halogenated alkanes) is 1. The standard InChI is InChI=1S/C20H28N2O3/c1-4-7-12-17(23)21-18-15-10-8-9-11-16(15)25-19(18)20(24)22(13-5-2)14-6-3/h8-11H,4-7,12-14H2,1-3H3,(H,21,23). The summed E-state index contributed by atoms with van der Waals surface area (Å²) in [7, 11) is 0. The summed E-state index contributed by atoms with van der Waals surface area (Å²) in [5.41, 5.74) is 1.11. The lowest BCUT2D eigenvalue weighted by Gasteiger charge is -2.20. The fourth-order valence-corrected chi connectivity index (χ4v) is 2.86. The van der Waals surface area contributed by atoms with Crippen molar-refractivity contribution in [3.8, 4) is 0 Å². The van der Waals surface area contributed by atoms with Gasteiger partial charge in [0.15, 0.2) is 0 Å². The van der Waals surface area contributed by atoms with Gasteiger partial charge in [0.1, 0.15) is 11.3 Å². The molecular weight excluding hydrogens is 316 g/mol. The molecular formula is C20H28N2O3. The molecule has 0 saturated heterocycles. The third-order valence-electron chi connectivity index (χ3n) is 4.09. The number of rotatable bonds is 9. The molecule has 2 rings (SSSR count). The van der Waals surface area contributed by atoms with Crippen molar-refractivity contribution in [3.63, 3.8) is 0 Å². The van der Waals surface area contributed by atoms with E-state index in [1.165, 1.54) is 0 Å². The number of benzene rings is 1. The van der Waals surface area contributed by atoms with E-state index in [0.717, 1.165) is 31.1 Å². The average Bonchev–Trinajstić information content (AvgIpc) is 2.98. The Hall–Kier alpha value is -2.30. The van der Waals surface area contributed by atoms with Gasteiger partial charge in [-0.15, -0.1) is 0 Å². The zero-order valence-electron chi connectivity index (χ0n) is 15.4. The minimum atomic E-state index is -0.161. The first-order valence-corrected chi connectivity index (χ1v) is 9.22. The smallest absolute Gasteiger partial charge is 0.291 e. The third kappa shape index (κ3) is 4.62. The highest BCUT2D eigenvalue weighted by Gasteiger charge is 2.25. The Morgan fingerprint density at radius 1 is 1.04 bits per heavy atom. The van der Waals surface area contributed by atoms with E-state index in [1.807, 2.05) is 45.0 Å². The van der Waals surface area contributed by atoms with E-state index in [2.05, 4.69) is 5.32 Å². The fraction of sp³-hybridized carbons (Fsp3) is 0.500. The molecule has 0 fully saturated rings. The zero-order chi connectivity index (χ0) is 18.2. The van der Waals surface area contributed by atoms with Crippen LogP contribution in [0.2, 0.25) is 0 Å². The molecule has 2 aromatic rings. The van der Waals surface area contributed by atoms with Gasteiger partial charge < -0.3 is 14.6 Å². The molecule has 1 aromatic carbocycles. The summed E-state index contributed by atoms with van der Waals surface area (Å²) in [4.78, 5) is 27.0. The number of nitrogens with zero attached hydrogens (tertiary/aromatic N) is 1. The molecule has 0 aliphatic heterocycles. The zero-order valence-corrected chi connectivity index (χ0v) is 15.4. The molecule has 25 heavy (non-hydrogen) atoms. The van der Waals surface area contributed by atoms with Crippen LogP contribution in [0.5, 0.6) is 0 Å². The maximum Gasteiger partial charge on any atom is 0.291 e. The fourth-order valence-electron chi connectivity index (χ4n) is 2.86. The minimum absolute atomic E-state index is 0.0833. The quantitative estimate of drug-likeness (QED) is 0.709. The molecule has 0 atom stereocenters. The molecule has 0 unspecified atom stereocenters. The topological polar surface area (TPSA) is 62.6 Å². The summed E-state index contributed by atoms with van der Waals surface area (Å²) < 4.78 is 5.83. The predicted octanol–water partition coefficient (Wildman–Crippen LogP) is 4.82. The maximum absolute atomic E-state index is 13.0. The van der Waals surface area contributed by atoms with Crippen molar-refractivity contribution in [2.24, 2.45) is 0 Å². The Morgan fingerprint density at radius 2 is 1.72 bits per heavy atom. The van der Waals surface area contributed by atoms with Crippen molar-refractivity contribution in [1.29, 1.82) is 0 Å². The number of carbonyl (C=O) groups excluding carboxylic acids is 2. The van der Waals surface area contributed by atoms with Gasteiger partial charge in [-0.05, 0) is 31.4 Å². The van der Waals surface area contributed by atoms with Crippen LogP contribution in [0.25, 0.3) is 11.0 Å². The van der Waals surface area contributed by atoms with E-state index in [4.69, 9.17) is 4.42 Å². The first-order chi connectivity index (χ1) is 12.1. The Bertz CT molecular complexity index is 715. The number of para-hydroxylation sites is 1. The monoisotopic (exact) mass is 344 g/mol. The van der Waals surface area contributed by atoms with Crippen LogP contribution in [0, 0.1) is 0 Å². The van der Waals surface area contributed by atoms with E-state index in [-0.39, 0.29) is 17.6 Å². The predicted molar refractivity (Wildman–Crippen MR) is 101 cm³/mol. The van der Waals surface area contributed by atoms with Crippen LogP contribution in [0.4, 0.5) is 5.69 Å². The van der Waals surface area contributed by atoms with E-state index in [0.29, 0.717) is 30.8 Å². The van der Waals surface area contributed by atoms with E-state index >= 15 is 0 Å². The van der Waals surface area contributed by atoms with Crippen molar-refractivity contribution < 1.29 is 14.0 Å². The molecule has 0 aliphatic carbocycles. The van der Waals surface area contributed by atoms with Gasteiger partial charge in [0, 0.05) is 24.9 Å². The Morgan fingerprint density at radius 3 is 2.36 bits per heavy atom. The molecule has 1 heterocycles. The lowest BCUT2D eigenvalue weighted by atomic mass is 10.2. The summed E-state index contributed by atoms with van der Waals surface area (Å²) in [6, 6.07) is 7.43. The molecule has 0 saturated carbocycles. The number of amides is 2. The Kier molecular flexibility index (Phi) is 7.04. The lowest BCUT2D eigenvalue weighted by molar-refractivity contribution is -0.116. The molecule has 1 N–H and O–H groups in total. The molecule has 1 aromatic heterocycles. The second kappa shape index (κ2) is 9.25. The van der Waals surface area contributed by atoms with Crippen LogP contribution in [0.1, 0.15) is 63.4 Å². The first kappa shape index (κ1) is 19.0. The van der Waals surface area contributed by atoms with Gasteiger partial charge in [-0.25, -0.2) is 0 Å². The molecule has 2 amide bonds. The molecule has 136 valence electrons. The van der Waals surface area contributed by atoms with Gasteiger partial charge >= 0.3 is 0 Å². The van der Waals surface area contributed by atoms with Crippen LogP contribution in [0.15, 0.2) is 28.7 Å². The van der Waals surface area contributed by atoms with Crippen LogP contribution in [0.3, 0.4) is 0 Å². The molecule has 5 heteroatoms. The van der Waals surface area contributed by atoms with Gasteiger partial charge in [-0.3, -0.25) is 9.59 Å². The summed E-state index contributed by atoms with van der Waals surface area (Å²) >= 11 is 0. The molecule has 0 spiro atoms. The van der Waals surface area contributed by atoms with Crippen LogP contribution in [-0.2, 0) is 4.79 Å².